The number of hydrogen-bond acceptors (Lipinski definition) is 7. The van der Waals surface area contributed by atoms with Gasteiger partial charge in [0.2, 0.25) is 17.6 Å². The molecule has 4 rings (SSSR count). The van der Waals surface area contributed by atoms with E-state index in [0.717, 1.165) is 25.1 Å². The highest BCUT2D eigenvalue weighted by molar-refractivity contribution is 5.90. The molecule has 4 atom stereocenters. The van der Waals surface area contributed by atoms with Crippen molar-refractivity contribution in [1.29, 1.82) is 0 Å². The Bertz CT molecular complexity index is 954. The molecule has 3 heterocycles. The maximum atomic E-state index is 14.2. The third-order valence-corrected chi connectivity index (χ3v) is 8.52. The standard InChI is InChI=1S/C28H43N3O6/c1-29-24(32)17-21(25(29)20-11-12-23(35-3)27(37-5)26(20)36-4)28(33)31(15-16-34-2)18-19-9-8-14-30-13-7-6-10-22(19)30/h11-12,19,21-22,25H,6-10,13-18H2,1-5H3/t19-,21+,22+,25+/m0/s1. The molecule has 9 nitrogen and oxygen atoms in total. The third kappa shape index (κ3) is 5.53. The van der Waals surface area contributed by atoms with Gasteiger partial charge in [0.25, 0.3) is 0 Å². The minimum Gasteiger partial charge on any atom is -0.493 e. The molecule has 2 amide bonds. The zero-order valence-electron chi connectivity index (χ0n) is 23.0. The number of likely N-dealkylation sites (tertiary alicyclic amines) is 1. The molecule has 3 saturated heterocycles. The van der Waals surface area contributed by atoms with Crippen molar-refractivity contribution in [1.82, 2.24) is 14.7 Å². The lowest BCUT2D eigenvalue weighted by Crippen LogP contribution is -2.52. The predicted octanol–water partition coefficient (Wildman–Crippen LogP) is 2.97. The van der Waals surface area contributed by atoms with E-state index in [1.807, 2.05) is 11.0 Å². The van der Waals surface area contributed by atoms with E-state index in [-0.39, 0.29) is 18.2 Å². The molecule has 1 aromatic rings. The first-order valence-corrected chi connectivity index (χ1v) is 13.5. The zero-order chi connectivity index (χ0) is 26.5. The Morgan fingerprint density at radius 2 is 1.76 bits per heavy atom. The lowest BCUT2D eigenvalue weighted by Gasteiger charge is -2.46. The number of fused-ring (bicyclic) bond motifs is 1. The minimum absolute atomic E-state index is 0.00419. The highest BCUT2D eigenvalue weighted by Gasteiger charge is 2.46. The fourth-order valence-corrected chi connectivity index (χ4v) is 6.67. The molecule has 9 heteroatoms. The summed E-state index contributed by atoms with van der Waals surface area (Å²) in [4.78, 5) is 33.5. The van der Waals surface area contributed by atoms with Crippen LogP contribution >= 0.6 is 0 Å². The van der Waals surface area contributed by atoms with Gasteiger partial charge in [-0.2, -0.15) is 0 Å². The maximum absolute atomic E-state index is 14.2. The van der Waals surface area contributed by atoms with Crippen molar-refractivity contribution in [3.8, 4) is 17.2 Å². The quantitative estimate of drug-likeness (QED) is 0.472. The van der Waals surface area contributed by atoms with E-state index in [1.165, 1.54) is 25.7 Å². The molecule has 0 N–H and O–H groups in total. The summed E-state index contributed by atoms with van der Waals surface area (Å²) in [6.07, 6.45) is 6.19. The van der Waals surface area contributed by atoms with E-state index in [9.17, 15) is 9.59 Å². The largest absolute Gasteiger partial charge is 0.493 e. The van der Waals surface area contributed by atoms with Gasteiger partial charge in [-0.05, 0) is 56.8 Å². The summed E-state index contributed by atoms with van der Waals surface area (Å²) in [6, 6.07) is 3.75. The van der Waals surface area contributed by atoms with Crippen LogP contribution in [0.2, 0.25) is 0 Å². The molecule has 0 spiro atoms. The van der Waals surface area contributed by atoms with Gasteiger partial charge in [0, 0.05) is 45.3 Å². The van der Waals surface area contributed by atoms with Gasteiger partial charge < -0.3 is 33.6 Å². The van der Waals surface area contributed by atoms with Crippen LogP contribution in [0.4, 0.5) is 0 Å². The first kappa shape index (κ1) is 27.5. The summed E-state index contributed by atoms with van der Waals surface area (Å²) in [5.41, 5.74) is 0.745. The Morgan fingerprint density at radius 1 is 1.00 bits per heavy atom. The van der Waals surface area contributed by atoms with E-state index < -0.39 is 12.0 Å². The molecular formula is C28H43N3O6. The molecule has 0 bridgehead atoms. The molecule has 3 aliphatic heterocycles. The molecule has 0 radical (unpaired) electrons. The average Bonchev–Trinajstić information content (AvgIpc) is 3.23. The van der Waals surface area contributed by atoms with Crippen LogP contribution in [-0.2, 0) is 14.3 Å². The molecule has 3 aliphatic rings. The molecule has 0 aromatic heterocycles. The van der Waals surface area contributed by atoms with Gasteiger partial charge in [0.15, 0.2) is 11.5 Å². The summed E-state index contributed by atoms with van der Waals surface area (Å²) in [5, 5.41) is 0. The van der Waals surface area contributed by atoms with E-state index in [2.05, 4.69) is 4.90 Å². The smallest absolute Gasteiger partial charge is 0.228 e. The van der Waals surface area contributed by atoms with E-state index >= 15 is 0 Å². The molecule has 0 aliphatic carbocycles. The first-order chi connectivity index (χ1) is 17.9. The zero-order valence-corrected chi connectivity index (χ0v) is 23.0. The summed E-state index contributed by atoms with van der Waals surface area (Å²) in [7, 11) is 8.12. The second kappa shape index (κ2) is 12.3. The Labute approximate surface area is 220 Å². The summed E-state index contributed by atoms with van der Waals surface area (Å²) in [6.45, 7) is 4.01. The summed E-state index contributed by atoms with van der Waals surface area (Å²) < 4.78 is 22.2. The van der Waals surface area contributed by atoms with Crippen LogP contribution in [0.25, 0.3) is 0 Å². The van der Waals surface area contributed by atoms with Crippen molar-refractivity contribution >= 4 is 11.8 Å². The topological polar surface area (TPSA) is 80.8 Å². The van der Waals surface area contributed by atoms with Crippen LogP contribution in [0.15, 0.2) is 12.1 Å². The number of carbonyl (C=O) groups is 2. The summed E-state index contributed by atoms with van der Waals surface area (Å²) >= 11 is 0. The molecule has 0 unspecified atom stereocenters. The fraction of sp³-hybridized carbons (Fsp3) is 0.714. The van der Waals surface area contributed by atoms with Crippen LogP contribution in [0, 0.1) is 11.8 Å². The second-order valence-corrected chi connectivity index (χ2v) is 10.5. The van der Waals surface area contributed by atoms with Crippen LogP contribution in [0.5, 0.6) is 17.2 Å². The van der Waals surface area contributed by atoms with Gasteiger partial charge in [-0.1, -0.05) is 6.42 Å². The Balaban J connectivity index is 1.64. The number of benzene rings is 1. The first-order valence-electron chi connectivity index (χ1n) is 13.5. The molecule has 3 fully saturated rings. The molecule has 0 saturated carbocycles. The van der Waals surface area contributed by atoms with E-state index in [4.69, 9.17) is 18.9 Å². The Morgan fingerprint density at radius 3 is 2.46 bits per heavy atom. The number of rotatable bonds is 10. The van der Waals surface area contributed by atoms with E-state index in [1.54, 1.807) is 46.5 Å². The van der Waals surface area contributed by atoms with Crippen molar-refractivity contribution in [2.45, 2.75) is 50.6 Å². The van der Waals surface area contributed by atoms with Gasteiger partial charge in [-0.3, -0.25) is 9.59 Å². The molecule has 206 valence electrons. The molecule has 37 heavy (non-hydrogen) atoms. The van der Waals surface area contributed by atoms with Crippen molar-refractivity contribution < 1.29 is 28.5 Å². The van der Waals surface area contributed by atoms with Crippen LogP contribution < -0.4 is 14.2 Å². The SMILES string of the molecule is COCCN(C[C@@H]1CCCN2CCCC[C@H]12)C(=O)[C@@H]1CC(=O)N(C)[C@@H]1c1ccc(OC)c(OC)c1OC. The van der Waals surface area contributed by atoms with E-state index in [0.29, 0.717) is 48.9 Å². The lowest BCUT2D eigenvalue weighted by atomic mass is 9.83. The van der Waals surface area contributed by atoms with Gasteiger partial charge in [-0.25, -0.2) is 0 Å². The van der Waals surface area contributed by atoms with Crippen LogP contribution in [-0.4, -0.2) is 101 Å². The summed E-state index contributed by atoms with van der Waals surface area (Å²) in [5.74, 6) is 1.35. The number of carbonyl (C=O) groups excluding carboxylic acids is 2. The van der Waals surface area contributed by atoms with Gasteiger partial charge in [0.1, 0.15) is 0 Å². The predicted molar refractivity (Wildman–Crippen MR) is 140 cm³/mol. The third-order valence-electron chi connectivity index (χ3n) is 8.52. The number of amides is 2. The average molecular weight is 518 g/mol. The monoisotopic (exact) mass is 517 g/mol. The number of hydrogen-bond donors (Lipinski definition) is 0. The highest BCUT2D eigenvalue weighted by Crippen LogP contribution is 2.48. The van der Waals surface area contributed by atoms with Crippen LogP contribution in [0.3, 0.4) is 0 Å². The van der Waals surface area contributed by atoms with Crippen LogP contribution in [0.1, 0.15) is 50.1 Å². The number of methoxy groups -OCH3 is 4. The number of nitrogens with zero attached hydrogens (tertiary/aromatic N) is 3. The Kier molecular flexibility index (Phi) is 9.18. The minimum atomic E-state index is -0.521. The normalized spacial score (nSPS) is 26.1. The van der Waals surface area contributed by atoms with Crippen molar-refractivity contribution in [2.75, 3.05) is 68.3 Å². The maximum Gasteiger partial charge on any atom is 0.228 e. The molecular weight excluding hydrogens is 474 g/mol. The lowest BCUT2D eigenvalue weighted by molar-refractivity contribution is -0.138. The number of ether oxygens (including phenoxy) is 4. The Hall–Kier alpha value is -2.52. The van der Waals surface area contributed by atoms with Crippen molar-refractivity contribution in [3.05, 3.63) is 17.7 Å². The molecule has 1 aromatic carbocycles. The van der Waals surface area contributed by atoms with Gasteiger partial charge in [-0.15, -0.1) is 0 Å². The highest BCUT2D eigenvalue weighted by atomic mass is 16.5. The second-order valence-electron chi connectivity index (χ2n) is 10.5. The fourth-order valence-electron chi connectivity index (χ4n) is 6.67. The van der Waals surface area contributed by atoms with Gasteiger partial charge in [0.05, 0.1) is 39.9 Å². The van der Waals surface area contributed by atoms with Crippen molar-refractivity contribution in [3.63, 3.8) is 0 Å². The van der Waals surface area contributed by atoms with Crippen molar-refractivity contribution in [2.24, 2.45) is 11.8 Å². The number of piperidine rings is 2. The van der Waals surface area contributed by atoms with Gasteiger partial charge >= 0.3 is 0 Å².